The second kappa shape index (κ2) is 7.94. The van der Waals surface area contributed by atoms with Gasteiger partial charge in [0, 0.05) is 32.3 Å². The highest BCUT2D eigenvalue weighted by molar-refractivity contribution is 7.82. The maximum Gasteiger partial charge on any atom is 0.302 e. The molecule has 0 aromatic carbocycles. The number of fused-ring (bicyclic) bond motifs is 5. The highest BCUT2D eigenvalue weighted by atomic mass is 32.1. The van der Waals surface area contributed by atoms with Gasteiger partial charge in [0.1, 0.15) is 13.2 Å². The second-order valence-corrected chi connectivity index (χ2v) is 9.70. The van der Waals surface area contributed by atoms with Crippen LogP contribution in [0.2, 0.25) is 0 Å². The van der Waals surface area contributed by atoms with Crippen LogP contribution in [-0.2, 0) is 23.9 Å². The minimum atomic E-state index is -1.52. The fourth-order valence-electron chi connectivity index (χ4n) is 5.76. The Morgan fingerprint density at radius 1 is 1.12 bits per heavy atom. The third-order valence-corrected chi connectivity index (χ3v) is 8.10. The number of hydrogen-bond donors (Lipinski definition) is 1. The van der Waals surface area contributed by atoms with E-state index in [1.54, 1.807) is 0 Å². The largest absolute Gasteiger partial charge is 0.461 e. The quantitative estimate of drug-likeness (QED) is 0.395. The van der Waals surface area contributed by atoms with Crippen molar-refractivity contribution in [2.45, 2.75) is 50.7 Å². The van der Waals surface area contributed by atoms with Crippen molar-refractivity contribution in [3.8, 4) is 12.1 Å². The predicted molar refractivity (Wildman–Crippen MR) is 116 cm³/mol. The summed E-state index contributed by atoms with van der Waals surface area (Å²) in [5, 5.41) is 20.5. The van der Waals surface area contributed by atoms with Gasteiger partial charge in [0.05, 0.1) is 16.9 Å². The van der Waals surface area contributed by atoms with Gasteiger partial charge in [-0.3, -0.25) is 14.4 Å². The molecule has 0 aromatic rings. The number of nitrogens with zero attached hydrogens (tertiary/aromatic N) is 2. The number of carbonyl (C=O) groups is 3. The van der Waals surface area contributed by atoms with E-state index in [1.807, 2.05) is 6.08 Å². The van der Waals surface area contributed by atoms with Gasteiger partial charge in [0.15, 0.2) is 11.2 Å². The van der Waals surface area contributed by atoms with Crippen molar-refractivity contribution < 1.29 is 23.9 Å². The molecule has 0 saturated heterocycles. The van der Waals surface area contributed by atoms with Crippen LogP contribution in [0.3, 0.4) is 0 Å². The van der Waals surface area contributed by atoms with Crippen LogP contribution < -0.4 is 0 Å². The van der Waals surface area contributed by atoms with Crippen molar-refractivity contribution >= 4 is 30.4 Å². The van der Waals surface area contributed by atoms with Crippen molar-refractivity contribution in [2.24, 2.45) is 17.3 Å². The van der Waals surface area contributed by atoms with Crippen molar-refractivity contribution in [2.75, 3.05) is 13.2 Å². The Labute approximate surface area is 192 Å². The zero-order valence-corrected chi connectivity index (χ0v) is 19.0. The Bertz CT molecular complexity index is 1090. The van der Waals surface area contributed by atoms with Crippen molar-refractivity contribution in [3.63, 3.8) is 0 Å². The van der Waals surface area contributed by atoms with Crippen LogP contribution in [0, 0.1) is 39.9 Å². The average Bonchev–Trinajstić information content (AvgIpc) is 3.27. The van der Waals surface area contributed by atoms with Crippen LogP contribution >= 0.6 is 12.6 Å². The molecule has 2 bridgehead atoms. The first-order valence-corrected chi connectivity index (χ1v) is 11.1. The number of allylic oxidation sites excluding steroid dienone is 3. The highest BCUT2D eigenvalue weighted by Crippen LogP contribution is 2.62. The topological polar surface area (TPSA) is 117 Å². The Morgan fingerprint density at radius 2 is 1.78 bits per heavy atom. The minimum absolute atomic E-state index is 0.00876. The summed E-state index contributed by atoms with van der Waals surface area (Å²) in [4.78, 5) is 36.1. The van der Waals surface area contributed by atoms with Crippen molar-refractivity contribution in [1.82, 2.24) is 0 Å². The molecule has 1 fully saturated rings. The number of nitriles is 2. The van der Waals surface area contributed by atoms with Crippen LogP contribution in [-0.4, -0.2) is 35.7 Å². The van der Waals surface area contributed by atoms with Gasteiger partial charge >= 0.3 is 11.9 Å². The number of rotatable bonds is 4. The first-order valence-electron chi connectivity index (χ1n) is 10.7. The first-order chi connectivity index (χ1) is 15.2. The van der Waals surface area contributed by atoms with Crippen LogP contribution in [0.25, 0.3) is 0 Å². The summed E-state index contributed by atoms with van der Waals surface area (Å²) in [6.07, 6.45) is 4.75. The lowest BCUT2D eigenvalue weighted by molar-refractivity contribution is -0.141. The number of ketones is 1. The molecule has 4 aliphatic rings. The zero-order valence-electron chi connectivity index (χ0n) is 18.1. The van der Waals surface area contributed by atoms with Gasteiger partial charge in [0.25, 0.3) is 0 Å². The zero-order chi connectivity index (χ0) is 23.3. The van der Waals surface area contributed by atoms with Gasteiger partial charge in [-0.15, -0.1) is 0 Å². The van der Waals surface area contributed by atoms with Crippen molar-refractivity contribution in [1.29, 1.82) is 10.5 Å². The van der Waals surface area contributed by atoms with Gasteiger partial charge in [-0.2, -0.15) is 23.2 Å². The molecule has 0 aromatic heterocycles. The molecule has 4 rings (SSSR count). The second-order valence-electron chi connectivity index (χ2n) is 9.00. The smallest absolute Gasteiger partial charge is 0.302 e. The van der Waals surface area contributed by atoms with E-state index in [0.717, 1.165) is 19.3 Å². The Kier molecular flexibility index (Phi) is 5.55. The van der Waals surface area contributed by atoms with Gasteiger partial charge < -0.3 is 9.47 Å². The van der Waals surface area contributed by atoms with Gasteiger partial charge in [-0.05, 0) is 53.4 Å². The van der Waals surface area contributed by atoms with Crippen LogP contribution in [0.15, 0.2) is 33.9 Å². The van der Waals surface area contributed by atoms with E-state index in [9.17, 15) is 24.9 Å². The molecule has 0 spiro atoms. The van der Waals surface area contributed by atoms with Crippen molar-refractivity contribution in [3.05, 3.63) is 33.9 Å². The molecule has 0 amide bonds. The molecule has 1 saturated carbocycles. The number of esters is 2. The molecular weight excluding hydrogens is 428 g/mol. The average molecular weight is 453 g/mol. The fraction of sp³-hybridized carbons (Fsp3) is 0.542. The third-order valence-electron chi connectivity index (χ3n) is 7.23. The number of carbonyl (C=O) groups excluding carboxylic acids is 3. The van der Waals surface area contributed by atoms with Crippen LogP contribution in [0.1, 0.15) is 46.0 Å². The lowest BCUT2D eigenvalue weighted by Gasteiger charge is -2.44. The number of hydrogen-bond acceptors (Lipinski definition) is 8. The molecule has 8 heteroatoms. The van der Waals surface area contributed by atoms with E-state index in [1.165, 1.54) is 13.8 Å². The van der Waals surface area contributed by atoms with E-state index < -0.39 is 22.1 Å². The number of thiol groups is 1. The molecular formula is C24H24N2O5S. The van der Waals surface area contributed by atoms with Gasteiger partial charge in [0.2, 0.25) is 0 Å². The van der Waals surface area contributed by atoms with Crippen LogP contribution in [0.4, 0.5) is 0 Å². The summed E-state index contributed by atoms with van der Waals surface area (Å²) in [6, 6.07) is 4.47. The Balaban J connectivity index is 2.00. The molecule has 0 radical (unpaired) electrons. The summed E-state index contributed by atoms with van der Waals surface area (Å²) in [5.41, 5.74) is 1.28. The molecule has 2 unspecified atom stereocenters. The molecule has 0 N–H and O–H groups in total. The maximum absolute atomic E-state index is 13.0. The Hall–Kier alpha value is -2.84. The maximum atomic E-state index is 13.0. The fourth-order valence-corrected chi connectivity index (χ4v) is 6.46. The highest BCUT2D eigenvalue weighted by Gasteiger charge is 2.59. The molecule has 166 valence electrons. The molecule has 4 aliphatic carbocycles. The van der Waals surface area contributed by atoms with Gasteiger partial charge in [-0.1, -0.05) is 6.08 Å². The molecule has 3 atom stereocenters. The first kappa shape index (κ1) is 22.4. The molecule has 32 heavy (non-hydrogen) atoms. The van der Waals surface area contributed by atoms with E-state index in [0.29, 0.717) is 27.9 Å². The minimum Gasteiger partial charge on any atom is -0.461 e. The van der Waals surface area contributed by atoms with E-state index >= 15 is 0 Å². The summed E-state index contributed by atoms with van der Waals surface area (Å²) < 4.78 is 9.56. The van der Waals surface area contributed by atoms with Crippen LogP contribution in [0.5, 0.6) is 0 Å². The number of Topliss-reactive ketones (excluding diaryl/α,β-unsaturated/α-hetero) is 1. The lowest BCUT2D eigenvalue weighted by Crippen LogP contribution is -2.44. The third kappa shape index (κ3) is 3.29. The summed E-state index contributed by atoms with van der Waals surface area (Å²) in [7, 11) is 0. The molecule has 0 heterocycles. The molecule has 7 nitrogen and oxygen atoms in total. The summed E-state index contributed by atoms with van der Waals surface area (Å²) >= 11 is 5.15. The summed E-state index contributed by atoms with van der Waals surface area (Å²) in [5.74, 6) is -0.881. The monoisotopic (exact) mass is 452 g/mol. The normalized spacial score (nSPS) is 29.9. The van der Waals surface area contributed by atoms with E-state index in [-0.39, 0.29) is 43.7 Å². The molecule has 0 aliphatic heterocycles. The lowest BCUT2D eigenvalue weighted by atomic mass is 9.64. The standard InChI is InChI=1S/C24H24N2O5S/c1-13(27)30-9-19-18-8-23(11-25,12-26)22-6-15-3-4-16(5-15)24(22,32)20(10-31-14(2)28)17(18)7-21(19)29/h6,15-16,32H,3-5,7-10H2,1-2H3/t15?,16?,24-/m0/s1. The SMILES string of the molecule is CC(=O)OCC1=C2CC(C#N)(C#N)C3=CC4CCC(C4)[C@]3(S)C(COC(C)=O)=C2CC1=O. The predicted octanol–water partition coefficient (Wildman–Crippen LogP) is 3.14. The number of ether oxygens (including phenoxy) is 2. The Morgan fingerprint density at radius 3 is 2.41 bits per heavy atom. The van der Waals surface area contributed by atoms with Gasteiger partial charge in [-0.25, -0.2) is 0 Å². The summed E-state index contributed by atoms with van der Waals surface area (Å²) in [6.45, 7) is 2.28. The van der Waals surface area contributed by atoms with E-state index in [4.69, 9.17) is 22.1 Å². The van der Waals surface area contributed by atoms with E-state index in [2.05, 4.69) is 12.1 Å².